The first-order valence-electron chi connectivity index (χ1n) is 7.70. The van der Waals surface area contributed by atoms with Gasteiger partial charge in [0.05, 0.1) is 13.2 Å². The van der Waals surface area contributed by atoms with Gasteiger partial charge in [0, 0.05) is 46.0 Å². The first-order chi connectivity index (χ1) is 10.2. The Morgan fingerprint density at radius 1 is 1.19 bits per heavy atom. The molecule has 0 spiro atoms. The number of nitrogens with zero attached hydrogens (tertiary/aromatic N) is 1. The van der Waals surface area contributed by atoms with Crippen LogP contribution < -0.4 is 5.32 Å². The second-order valence-electron chi connectivity index (χ2n) is 5.19. The maximum Gasteiger partial charge on any atom is 0.118 e. The number of aryl methyl sites for hydroxylation is 1. The zero-order valence-electron chi connectivity index (χ0n) is 13.9. The summed E-state index contributed by atoms with van der Waals surface area (Å²) in [7, 11) is 3.48. The Kier molecular flexibility index (Phi) is 9.34. The average molecular weight is 298 g/mol. The molecule has 0 bridgehead atoms. The van der Waals surface area contributed by atoms with E-state index in [2.05, 4.69) is 23.2 Å². The summed E-state index contributed by atoms with van der Waals surface area (Å²) in [6.45, 7) is 10.2. The van der Waals surface area contributed by atoms with Crippen LogP contribution >= 0.6 is 0 Å². The van der Waals surface area contributed by atoms with Gasteiger partial charge in [-0.15, -0.1) is 0 Å². The van der Waals surface area contributed by atoms with Gasteiger partial charge in [-0.25, -0.2) is 0 Å². The lowest BCUT2D eigenvalue weighted by molar-refractivity contribution is 0.129. The number of hydrogen-bond acceptors (Lipinski definition) is 5. The van der Waals surface area contributed by atoms with Gasteiger partial charge in [-0.1, -0.05) is 6.92 Å². The fourth-order valence-corrected chi connectivity index (χ4v) is 2.24. The number of nitrogens with one attached hydrogen (secondary N) is 1. The maximum atomic E-state index is 5.80. The van der Waals surface area contributed by atoms with Crippen LogP contribution in [0, 0.1) is 6.92 Å². The van der Waals surface area contributed by atoms with Crippen molar-refractivity contribution in [1.29, 1.82) is 0 Å². The highest BCUT2D eigenvalue weighted by atomic mass is 16.5. The number of methoxy groups -OCH3 is 2. The molecule has 0 aliphatic heterocycles. The summed E-state index contributed by atoms with van der Waals surface area (Å²) in [5.41, 5.74) is 1.26. The van der Waals surface area contributed by atoms with E-state index in [1.807, 2.05) is 6.92 Å². The van der Waals surface area contributed by atoms with E-state index < -0.39 is 0 Å². The van der Waals surface area contributed by atoms with Crippen LogP contribution in [0.4, 0.5) is 0 Å². The Hall–Kier alpha value is -0.880. The van der Waals surface area contributed by atoms with E-state index in [1.165, 1.54) is 5.56 Å². The standard InChI is InChI=1S/C16H30N2O3/c1-5-17-12-16-11-15(14(2)21-16)13-18(8-10-20-4)7-6-9-19-3/h11,17H,5-10,12-13H2,1-4H3. The van der Waals surface area contributed by atoms with Crippen LogP contribution in [0.5, 0.6) is 0 Å². The quantitative estimate of drug-likeness (QED) is 0.599. The van der Waals surface area contributed by atoms with Crippen LogP contribution in [0.3, 0.4) is 0 Å². The van der Waals surface area contributed by atoms with Crippen LogP contribution in [-0.2, 0) is 22.6 Å². The van der Waals surface area contributed by atoms with Gasteiger partial charge >= 0.3 is 0 Å². The number of hydrogen-bond donors (Lipinski definition) is 1. The molecular formula is C16H30N2O3. The third kappa shape index (κ3) is 7.09. The summed E-state index contributed by atoms with van der Waals surface area (Å²) in [5.74, 6) is 2.02. The monoisotopic (exact) mass is 298 g/mol. The van der Waals surface area contributed by atoms with E-state index >= 15 is 0 Å². The molecule has 1 aromatic rings. The molecule has 1 rings (SSSR count). The largest absolute Gasteiger partial charge is 0.465 e. The molecule has 5 heteroatoms. The van der Waals surface area contributed by atoms with Gasteiger partial charge in [0.1, 0.15) is 11.5 Å². The van der Waals surface area contributed by atoms with Gasteiger partial charge in [-0.05, 0) is 26.0 Å². The minimum atomic E-state index is 0.744. The van der Waals surface area contributed by atoms with Gasteiger partial charge < -0.3 is 19.2 Å². The lowest BCUT2D eigenvalue weighted by Gasteiger charge is -2.21. The molecule has 122 valence electrons. The smallest absolute Gasteiger partial charge is 0.118 e. The number of rotatable bonds is 12. The lowest BCUT2D eigenvalue weighted by atomic mass is 10.2. The maximum absolute atomic E-state index is 5.80. The molecule has 0 aliphatic carbocycles. The topological polar surface area (TPSA) is 46.9 Å². The van der Waals surface area contributed by atoms with Crippen molar-refractivity contribution in [2.75, 3.05) is 47.1 Å². The summed E-state index contributed by atoms with van der Waals surface area (Å²) in [4.78, 5) is 2.39. The molecule has 0 saturated heterocycles. The van der Waals surface area contributed by atoms with Crippen molar-refractivity contribution in [3.8, 4) is 0 Å². The molecule has 0 saturated carbocycles. The van der Waals surface area contributed by atoms with Crippen molar-refractivity contribution in [2.24, 2.45) is 0 Å². The Balaban J connectivity index is 2.56. The second kappa shape index (κ2) is 10.8. The van der Waals surface area contributed by atoms with Crippen LogP contribution in [-0.4, -0.2) is 52.0 Å². The molecule has 0 radical (unpaired) electrons. The minimum absolute atomic E-state index is 0.744. The second-order valence-corrected chi connectivity index (χ2v) is 5.19. The Morgan fingerprint density at radius 3 is 2.62 bits per heavy atom. The summed E-state index contributed by atoms with van der Waals surface area (Å²) < 4.78 is 16.1. The number of furan rings is 1. The Labute approximate surface area is 128 Å². The Morgan fingerprint density at radius 2 is 1.95 bits per heavy atom. The highest BCUT2D eigenvalue weighted by Crippen LogP contribution is 2.17. The molecule has 0 fully saturated rings. The van der Waals surface area contributed by atoms with E-state index in [0.717, 1.165) is 63.9 Å². The average Bonchev–Trinajstić information content (AvgIpc) is 2.82. The van der Waals surface area contributed by atoms with Crippen molar-refractivity contribution in [2.45, 2.75) is 33.4 Å². The predicted molar refractivity (Wildman–Crippen MR) is 84.5 cm³/mol. The van der Waals surface area contributed by atoms with Gasteiger partial charge in [-0.3, -0.25) is 4.90 Å². The fraction of sp³-hybridized carbons (Fsp3) is 0.750. The molecular weight excluding hydrogens is 268 g/mol. The van der Waals surface area contributed by atoms with Crippen LogP contribution in [0.2, 0.25) is 0 Å². The molecule has 21 heavy (non-hydrogen) atoms. The van der Waals surface area contributed by atoms with Crippen molar-refractivity contribution >= 4 is 0 Å². The molecule has 0 aromatic carbocycles. The minimum Gasteiger partial charge on any atom is -0.465 e. The molecule has 1 heterocycles. The highest BCUT2D eigenvalue weighted by Gasteiger charge is 2.12. The summed E-state index contributed by atoms with van der Waals surface area (Å²) in [5, 5.41) is 3.29. The van der Waals surface area contributed by atoms with Crippen molar-refractivity contribution in [1.82, 2.24) is 10.2 Å². The molecule has 1 aromatic heterocycles. The predicted octanol–water partition coefficient (Wildman–Crippen LogP) is 2.18. The zero-order chi connectivity index (χ0) is 15.5. The van der Waals surface area contributed by atoms with Gasteiger partial charge in [-0.2, -0.15) is 0 Å². The van der Waals surface area contributed by atoms with E-state index in [4.69, 9.17) is 13.9 Å². The molecule has 1 N–H and O–H groups in total. The van der Waals surface area contributed by atoms with Crippen LogP contribution in [0.1, 0.15) is 30.4 Å². The lowest BCUT2D eigenvalue weighted by Crippen LogP contribution is -2.28. The van der Waals surface area contributed by atoms with E-state index in [-0.39, 0.29) is 0 Å². The van der Waals surface area contributed by atoms with E-state index in [1.54, 1.807) is 14.2 Å². The SMILES string of the molecule is CCNCc1cc(CN(CCCOC)CCOC)c(C)o1. The third-order valence-electron chi connectivity index (χ3n) is 3.45. The first kappa shape index (κ1) is 18.2. The molecule has 0 atom stereocenters. The van der Waals surface area contributed by atoms with E-state index in [0.29, 0.717) is 0 Å². The van der Waals surface area contributed by atoms with Gasteiger partial charge in [0.15, 0.2) is 0 Å². The number of ether oxygens (including phenoxy) is 2. The normalized spacial score (nSPS) is 11.5. The third-order valence-corrected chi connectivity index (χ3v) is 3.45. The first-order valence-corrected chi connectivity index (χ1v) is 7.70. The summed E-state index contributed by atoms with van der Waals surface area (Å²) in [6, 6.07) is 2.16. The van der Waals surface area contributed by atoms with E-state index in [9.17, 15) is 0 Å². The van der Waals surface area contributed by atoms with Crippen molar-refractivity contribution < 1.29 is 13.9 Å². The molecule has 0 unspecified atom stereocenters. The Bertz CT molecular complexity index is 380. The summed E-state index contributed by atoms with van der Waals surface area (Å²) in [6.07, 6.45) is 1.03. The fourth-order valence-electron chi connectivity index (χ4n) is 2.24. The molecule has 0 aliphatic rings. The zero-order valence-corrected chi connectivity index (χ0v) is 13.9. The summed E-state index contributed by atoms with van der Waals surface area (Å²) >= 11 is 0. The molecule has 5 nitrogen and oxygen atoms in total. The van der Waals surface area contributed by atoms with Gasteiger partial charge in [0.2, 0.25) is 0 Å². The molecule has 0 amide bonds. The van der Waals surface area contributed by atoms with Gasteiger partial charge in [0.25, 0.3) is 0 Å². The van der Waals surface area contributed by atoms with Crippen molar-refractivity contribution in [3.05, 3.63) is 23.2 Å². The van der Waals surface area contributed by atoms with Crippen LogP contribution in [0.25, 0.3) is 0 Å². The van der Waals surface area contributed by atoms with Crippen molar-refractivity contribution in [3.63, 3.8) is 0 Å². The van der Waals surface area contributed by atoms with Crippen LogP contribution in [0.15, 0.2) is 10.5 Å². The highest BCUT2D eigenvalue weighted by molar-refractivity contribution is 5.20.